The first kappa shape index (κ1) is 22.4. The van der Waals surface area contributed by atoms with Crippen LogP contribution in [0.15, 0.2) is 41.3 Å². The first-order valence-electron chi connectivity index (χ1n) is 9.10. The largest absolute Gasteiger partial charge is 0.345 e. The van der Waals surface area contributed by atoms with E-state index in [1.54, 1.807) is 13.8 Å². The van der Waals surface area contributed by atoms with Gasteiger partial charge in [0.15, 0.2) is 0 Å². The fourth-order valence-corrected chi connectivity index (χ4v) is 4.46. The van der Waals surface area contributed by atoms with Gasteiger partial charge >= 0.3 is 0 Å². The molecule has 2 aromatic carbocycles. The lowest BCUT2D eigenvalue weighted by atomic mass is 10.00. The standard InChI is InChI=1S/C21H27ClN2O3S/c1-13(2)24(6)28(26,27)17-9-10-20(22)19(12-17)21(25)23-16(5)18-11-14(3)7-8-15(18)4/h7-13,16H,1-6H3,(H,23,25). The van der Waals surface area contributed by atoms with Gasteiger partial charge in [0, 0.05) is 13.1 Å². The topological polar surface area (TPSA) is 66.5 Å². The molecule has 0 bridgehead atoms. The fraction of sp³-hybridized carbons (Fsp3) is 0.381. The van der Waals surface area contributed by atoms with E-state index in [0.717, 1.165) is 16.7 Å². The highest BCUT2D eigenvalue weighted by atomic mass is 35.5. The number of aryl methyl sites for hydroxylation is 2. The number of nitrogens with zero attached hydrogens (tertiary/aromatic N) is 1. The monoisotopic (exact) mass is 422 g/mol. The number of amides is 1. The Hall–Kier alpha value is -1.89. The SMILES string of the molecule is Cc1ccc(C)c(C(C)NC(=O)c2cc(S(=O)(=O)N(C)C(C)C)ccc2Cl)c1. The molecule has 2 aromatic rings. The molecule has 0 aliphatic rings. The predicted octanol–water partition coefficient (Wildman–Crippen LogP) is 4.48. The van der Waals surface area contributed by atoms with Crippen LogP contribution in [0, 0.1) is 13.8 Å². The van der Waals surface area contributed by atoms with Crippen LogP contribution in [-0.4, -0.2) is 31.7 Å². The van der Waals surface area contributed by atoms with Crippen molar-refractivity contribution in [3.8, 4) is 0 Å². The van der Waals surface area contributed by atoms with E-state index in [9.17, 15) is 13.2 Å². The molecule has 152 valence electrons. The van der Waals surface area contributed by atoms with Gasteiger partial charge in [0.1, 0.15) is 0 Å². The van der Waals surface area contributed by atoms with Gasteiger partial charge in [-0.15, -0.1) is 0 Å². The number of benzene rings is 2. The predicted molar refractivity (Wildman–Crippen MR) is 113 cm³/mol. The molecular formula is C21H27ClN2O3S. The van der Waals surface area contributed by atoms with Crippen molar-refractivity contribution in [1.82, 2.24) is 9.62 Å². The molecule has 2 rings (SSSR count). The van der Waals surface area contributed by atoms with Crippen LogP contribution in [0.25, 0.3) is 0 Å². The van der Waals surface area contributed by atoms with E-state index in [1.807, 2.05) is 39.0 Å². The lowest BCUT2D eigenvalue weighted by Gasteiger charge is -2.22. The Balaban J connectivity index is 2.34. The van der Waals surface area contributed by atoms with Crippen LogP contribution in [0.2, 0.25) is 5.02 Å². The molecule has 0 saturated carbocycles. The first-order valence-corrected chi connectivity index (χ1v) is 10.9. The van der Waals surface area contributed by atoms with Gasteiger partial charge in [0.25, 0.3) is 5.91 Å². The van der Waals surface area contributed by atoms with Crippen molar-refractivity contribution in [2.24, 2.45) is 0 Å². The summed E-state index contributed by atoms with van der Waals surface area (Å²) in [5, 5.41) is 3.13. The number of halogens is 1. The average Bonchev–Trinajstić information content (AvgIpc) is 2.62. The molecule has 0 aliphatic heterocycles. The minimum absolute atomic E-state index is 0.0395. The fourth-order valence-electron chi connectivity index (χ4n) is 2.86. The van der Waals surface area contributed by atoms with Crippen molar-refractivity contribution in [1.29, 1.82) is 0 Å². The average molecular weight is 423 g/mol. The van der Waals surface area contributed by atoms with Crippen molar-refractivity contribution in [3.05, 3.63) is 63.7 Å². The summed E-state index contributed by atoms with van der Waals surface area (Å²) in [6, 6.07) is 9.80. The van der Waals surface area contributed by atoms with Crippen LogP contribution in [0.4, 0.5) is 0 Å². The molecule has 7 heteroatoms. The lowest BCUT2D eigenvalue weighted by molar-refractivity contribution is 0.0939. The highest BCUT2D eigenvalue weighted by molar-refractivity contribution is 7.89. The summed E-state index contributed by atoms with van der Waals surface area (Å²) in [5.74, 6) is -0.414. The summed E-state index contributed by atoms with van der Waals surface area (Å²) in [6.45, 7) is 9.44. The molecule has 5 nitrogen and oxygen atoms in total. The molecule has 0 heterocycles. The summed E-state index contributed by atoms with van der Waals surface area (Å²) >= 11 is 6.20. The van der Waals surface area contributed by atoms with Crippen LogP contribution in [-0.2, 0) is 10.0 Å². The third-order valence-corrected chi connectivity index (χ3v) is 7.19. The van der Waals surface area contributed by atoms with Gasteiger partial charge in [-0.1, -0.05) is 35.4 Å². The Kier molecular flexibility index (Phi) is 6.91. The maximum absolute atomic E-state index is 12.8. The Morgan fingerprint density at radius 2 is 1.71 bits per heavy atom. The van der Waals surface area contributed by atoms with Gasteiger partial charge in [-0.25, -0.2) is 8.42 Å². The van der Waals surface area contributed by atoms with Crippen molar-refractivity contribution < 1.29 is 13.2 Å². The van der Waals surface area contributed by atoms with Crippen LogP contribution in [0.5, 0.6) is 0 Å². The molecular weight excluding hydrogens is 396 g/mol. The number of carbonyl (C=O) groups excluding carboxylic acids is 1. The summed E-state index contributed by atoms with van der Waals surface area (Å²) in [7, 11) is -2.20. The Labute approximate surface area is 172 Å². The van der Waals surface area contributed by atoms with Gasteiger partial charge in [-0.3, -0.25) is 4.79 Å². The minimum Gasteiger partial charge on any atom is -0.345 e. The van der Waals surface area contributed by atoms with Gasteiger partial charge in [0.2, 0.25) is 10.0 Å². The Bertz CT molecular complexity index is 987. The second-order valence-corrected chi connectivity index (χ2v) is 9.72. The van der Waals surface area contributed by atoms with Crippen LogP contribution in [0.3, 0.4) is 0 Å². The molecule has 0 fully saturated rings. The second kappa shape index (κ2) is 8.64. The van der Waals surface area contributed by atoms with Gasteiger partial charge in [-0.05, 0) is 63.9 Å². The molecule has 1 atom stereocenters. The molecule has 0 aromatic heterocycles. The Morgan fingerprint density at radius 3 is 2.32 bits per heavy atom. The third-order valence-electron chi connectivity index (χ3n) is 4.84. The molecule has 28 heavy (non-hydrogen) atoms. The van der Waals surface area contributed by atoms with Crippen molar-refractivity contribution >= 4 is 27.5 Å². The van der Waals surface area contributed by atoms with Gasteiger partial charge < -0.3 is 5.32 Å². The van der Waals surface area contributed by atoms with E-state index in [-0.39, 0.29) is 27.6 Å². The first-order chi connectivity index (χ1) is 12.9. The van der Waals surface area contributed by atoms with Crippen molar-refractivity contribution in [2.45, 2.75) is 51.6 Å². The molecule has 1 amide bonds. The van der Waals surface area contributed by atoms with Crippen LogP contribution in [0.1, 0.15) is 53.9 Å². The third kappa shape index (κ3) is 4.74. The number of sulfonamides is 1. The Morgan fingerprint density at radius 1 is 1.07 bits per heavy atom. The van der Waals surface area contributed by atoms with E-state index >= 15 is 0 Å². The van der Waals surface area contributed by atoms with Gasteiger partial charge in [0.05, 0.1) is 21.5 Å². The highest BCUT2D eigenvalue weighted by Gasteiger charge is 2.25. The normalized spacial score (nSPS) is 13.0. The summed E-state index contributed by atoms with van der Waals surface area (Å²) in [4.78, 5) is 12.9. The summed E-state index contributed by atoms with van der Waals surface area (Å²) in [6.07, 6.45) is 0. The van der Waals surface area contributed by atoms with E-state index in [1.165, 1.54) is 29.6 Å². The van der Waals surface area contributed by atoms with Crippen molar-refractivity contribution in [2.75, 3.05) is 7.05 Å². The summed E-state index contributed by atoms with van der Waals surface area (Å²) in [5.41, 5.74) is 3.31. The highest BCUT2D eigenvalue weighted by Crippen LogP contribution is 2.25. The minimum atomic E-state index is -3.71. The quantitative estimate of drug-likeness (QED) is 0.746. The number of nitrogens with one attached hydrogen (secondary N) is 1. The van der Waals surface area contributed by atoms with Crippen molar-refractivity contribution in [3.63, 3.8) is 0 Å². The molecule has 0 spiro atoms. The number of hydrogen-bond donors (Lipinski definition) is 1. The molecule has 0 aliphatic carbocycles. The van der Waals surface area contributed by atoms with Gasteiger partial charge in [-0.2, -0.15) is 4.31 Å². The zero-order chi connectivity index (χ0) is 21.2. The number of rotatable bonds is 6. The molecule has 1 N–H and O–H groups in total. The zero-order valence-corrected chi connectivity index (χ0v) is 18.6. The molecule has 0 saturated heterocycles. The van der Waals surface area contributed by atoms with E-state index in [0.29, 0.717) is 0 Å². The zero-order valence-electron chi connectivity index (χ0n) is 17.1. The van der Waals surface area contributed by atoms with Crippen LogP contribution < -0.4 is 5.32 Å². The van der Waals surface area contributed by atoms with E-state index < -0.39 is 15.9 Å². The molecule has 1 unspecified atom stereocenters. The van der Waals surface area contributed by atoms with E-state index in [4.69, 9.17) is 11.6 Å². The number of hydrogen-bond acceptors (Lipinski definition) is 3. The summed E-state index contributed by atoms with van der Waals surface area (Å²) < 4.78 is 26.7. The molecule has 0 radical (unpaired) electrons. The smallest absolute Gasteiger partial charge is 0.253 e. The van der Waals surface area contributed by atoms with Crippen LogP contribution >= 0.6 is 11.6 Å². The maximum Gasteiger partial charge on any atom is 0.253 e. The number of carbonyl (C=O) groups is 1. The van der Waals surface area contributed by atoms with E-state index in [2.05, 4.69) is 5.32 Å². The second-order valence-electron chi connectivity index (χ2n) is 7.31. The lowest BCUT2D eigenvalue weighted by Crippen LogP contribution is -2.33. The maximum atomic E-state index is 12.8.